The molecule has 0 fully saturated rings. The zero-order chi connectivity index (χ0) is 9.35. The van der Waals surface area contributed by atoms with Crippen molar-refractivity contribution in [2.75, 3.05) is 0 Å². The molecule has 0 aliphatic rings. The van der Waals surface area contributed by atoms with E-state index in [1.807, 2.05) is 6.07 Å². The number of hydrogen-bond acceptors (Lipinski definition) is 2. The largest absolute Gasteiger partial charge is 0.448 e. The average Bonchev–Trinajstić information content (AvgIpc) is 2.32. The van der Waals surface area contributed by atoms with Gasteiger partial charge in [0.25, 0.3) is 0 Å². The summed E-state index contributed by atoms with van der Waals surface area (Å²) in [6, 6.07) is 3.42. The Hall–Kier alpha value is -0.180. The normalized spacial score (nSPS) is 13.6. The van der Waals surface area contributed by atoms with E-state index in [-0.39, 0.29) is 23.9 Å². The van der Waals surface area contributed by atoms with E-state index in [2.05, 4.69) is 20.8 Å². The molecule has 0 unspecified atom stereocenters. The first-order chi connectivity index (χ1) is 5.41. The molecule has 0 aromatic carbocycles. The monoisotopic (exact) mass is 223 g/mol. The van der Waals surface area contributed by atoms with Gasteiger partial charge >= 0.3 is 0 Å². The van der Waals surface area contributed by atoms with E-state index in [0.717, 1.165) is 5.76 Å². The Labute approximate surface area is 89.8 Å². The zero-order valence-electron chi connectivity index (χ0n) is 8.00. The summed E-state index contributed by atoms with van der Waals surface area (Å²) in [7, 11) is 0. The summed E-state index contributed by atoms with van der Waals surface area (Å²) in [5.74, 6) is 0.743. The Morgan fingerprint density at radius 2 is 1.92 bits per heavy atom. The van der Waals surface area contributed by atoms with Crippen molar-refractivity contribution in [1.82, 2.24) is 0 Å². The molecule has 0 saturated heterocycles. The van der Waals surface area contributed by atoms with Crippen molar-refractivity contribution in [3.05, 3.63) is 23.1 Å². The number of halogens is 2. The molecule has 0 amide bonds. The summed E-state index contributed by atoms with van der Waals surface area (Å²) in [6.07, 6.45) is 0. The highest BCUT2D eigenvalue weighted by molar-refractivity contribution is 6.28. The molecule has 0 radical (unpaired) electrons. The second-order valence-corrected chi connectivity index (χ2v) is 4.36. The Bertz CT molecular complexity index is 265. The Morgan fingerprint density at radius 1 is 1.38 bits per heavy atom. The van der Waals surface area contributed by atoms with Crippen LogP contribution in [0, 0.1) is 5.41 Å². The van der Waals surface area contributed by atoms with Crippen molar-refractivity contribution >= 4 is 24.0 Å². The van der Waals surface area contributed by atoms with Gasteiger partial charge in [-0.2, -0.15) is 0 Å². The second kappa shape index (κ2) is 4.36. The van der Waals surface area contributed by atoms with E-state index in [9.17, 15) is 0 Å². The minimum atomic E-state index is -0.106. The highest BCUT2D eigenvalue weighted by Crippen LogP contribution is 2.32. The maximum Gasteiger partial charge on any atom is 0.193 e. The van der Waals surface area contributed by atoms with Crippen LogP contribution in [0.2, 0.25) is 5.22 Å². The standard InChI is InChI=1S/C9H14ClNO.ClH/c1-9(2,3)8(11)6-4-5-7(10)12-6;/h4-5,8H,11H2,1-3H3;1H/t8-;/m1./s1. The first-order valence-corrected chi connectivity index (χ1v) is 4.30. The van der Waals surface area contributed by atoms with E-state index in [1.54, 1.807) is 6.07 Å². The van der Waals surface area contributed by atoms with Crippen LogP contribution >= 0.6 is 24.0 Å². The molecule has 1 rings (SSSR count). The van der Waals surface area contributed by atoms with Gasteiger partial charge < -0.3 is 10.2 Å². The fraction of sp³-hybridized carbons (Fsp3) is 0.556. The average molecular weight is 224 g/mol. The molecule has 1 aromatic heterocycles. The Morgan fingerprint density at radius 3 is 2.23 bits per heavy atom. The topological polar surface area (TPSA) is 39.2 Å². The minimum absolute atomic E-state index is 0. The van der Waals surface area contributed by atoms with E-state index < -0.39 is 0 Å². The van der Waals surface area contributed by atoms with Gasteiger partial charge in [-0.15, -0.1) is 12.4 Å². The molecule has 0 aliphatic heterocycles. The fourth-order valence-corrected chi connectivity index (χ4v) is 1.07. The number of rotatable bonds is 1. The van der Waals surface area contributed by atoms with Crippen LogP contribution in [-0.2, 0) is 0 Å². The molecular formula is C9H15Cl2NO. The van der Waals surface area contributed by atoms with Gasteiger partial charge in [-0.25, -0.2) is 0 Å². The smallest absolute Gasteiger partial charge is 0.193 e. The van der Waals surface area contributed by atoms with Gasteiger partial charge in [0.2, 0.25) is 0 Å². The molecule has 4 heteroatoms. The second-order valence-electron chi connectivity index (χ2n) is 3.99. The minimum Gasteiger partial charge on any atom is -0.448 e. The molecular weight excluding hydrogens is 209 g/mol. The van der Waals surface area contributed by atoms with Crippen molar-refractivity contribution in [3.8, 4) is 0 Å². The van der Waals surface area contributed by atoms with Crippen molar-refractivity contribution in [3.63, 3.8) is 0 Å². The van der Waals surface area contributed by atoms with E-state index >= 15 is 0 Å². The molecule has 76 valence electrons. The van der Waals surface area contributed by atoms with Gasteiger partial charge in [0, 0.05) is 0 Å². The number of nitrogens with two attached hydrogens (primary N) is 1. The maximum absolute atomic E-state index is 5.93. The summed E-state index contributed by atoms with van der Waals surface area (Å²) in [5.41, 5.74) is 5.93. The van der Waals surface area contributed by atoms with Gasteiger partial charge in [-0.05, 0) is 29.1 Å². The molecule has 1 aromatic rings. The van der Waals surface area contributed by atoms with E-state index in [1.165, 1.54) is 0 Å². The molecule has 1 heterocycles. The van der Waals surface area contributed by atoms with Crippen LogP contribution in [0.4, 0.5) is 0 Å². The molecule has 0 saturated carbocycles. The summed E-state index contributed by atoms with van der Waals surface area (Å²) in [4.78, 5) is 0. The summed E-state index contributed by atoms with van der Waals surface area (Å²) in [6.45, 7) is 6.19. The van der Waals surface area contributed by atoms with Crippen LogP contribution in [0.15, 0.2) is 16.5 Å². The van der Waals surface area contributed by atoms with E-state index in [4.69, 9.17) is 21.8 Å². The van der Waals surface area contributed by atoms with Crippen molar-refractivity contribution in [1.29, 1.82) is 0 Å². The van der Waals surface area contributed by atoms with Crippen LogP contribution in [0.5, 0.6) is 0 Å². The Balaban J connectivity index is 0.00000144. The highest BCUT2D eigenvalue weighted by atomic mass is 35.5. The van der Waals surface area contributed by atoms with Crippen molar-refractivity contribution in [2.45, 2.75) is 26.8 Å². The molecule has 2 nitrogen and oxygen atoms in total. The first kappa shape index (κ1) is 12.8. The van der Waals surface area contributed by atoms with Gasteiger partial charge in [0.1, 0.15) is 5.76 Å². The molecule has 1 atom stereocenters. The molecule has 2 N–H and O–H groups in total. The first-order valence-electron chi connectivity index (χ1n) is 3.92. The predicted molar refractivity (Wildman–Crippen MR) is 57.3 cm³/mol. The van der Waals surface area contributed by atoms with Crippen LogP contribution in [0.3, 0.4) is 0 Å². The predicted octanol–water partition coefficient (Wildman–Crippen LogP) is 3.40. The summed E-state index contributed by atoms with van der Waals surface area (Å²) >= 11 is 5.63. The van der Waals surface area contributed by atoms with Gasteiger partial charge in [0.15, 0.2) is 5.22 Å². The van der Waals surface area contributed by atoms with Crippen LogP contribution in [-0.4, -0.2) is 0 Å². The molecule has 13 heavy (non-hydrogen) atoms. The van der Waals surface area contributed by atoms with E-state index in [0.29, 0.717) is 5.22 Å². The van der Waals surface area contributed by atoms with Gasteiger partial charge in [0.05, 0.1) is 6.04 Å². The molecule has 0 spiro atoms. The lowest BCUT2D eigenvalue weighted by molar-refractivity contribution is 0.285. The maximum atomic E-state index is 5.93. The van der Waals surface area contributed by atoms with Crippen LogP contribution in [0.1, 0.15) is 32.6 Å². The fourth-order valence-electron chi connectivity index (χ4n) is 0.922. The summed E-state index contributed by atoms with van der Waals surface area (Å²) in [5, 5.41) is 0.393. The number of furan rings is 1. The third-order valence-electron chi connectivity index (χ3n) is 1.83. The molecule has 0 aliphatic carbocycles. The quantitative estimate of drug-likeness (QED) is 0.793. The SMILES string of the molecule is CC(C)(C)[C@H](N)c1ccc(Cl)o1.Cl. The third-order valence-corrected chi connectivity index (χ3v) is 2.04. The Kier molecular flexibility index (Phi) is 4.30. The summed E-state index contributed by atoms with van der Waals surface area (Å²) < 4.78 is 5.21. The van der Waals surface area contributed by atoms with Gasteiger partial charge in [-0.1, -0.05) is 20.8 Å². The van der Waals surface area contributed by atoms with Crippen molar-refractivity contribution < 1.29 is 4.42 Å². The lowest BCUT2D eigenvalue weighted by atomic mass is 9.86. The lowest BCUT2D eigenvalue weighted by Gasteiger charge is -2.24. The lowest BCUT2D eigenvalue weighted by Crippen LogP contribution is -2.25. The molecule has 0 bridgehead atoms. The highest BCUT2D eigenvalue weighted by Gasteiger charge is 2.24. The number of hydrogen-bond donors (Lipinski definition) is 1. The van der Waals surface area contributed by atoms with Crippen LogP contribution in [0.25, 0.3) is 0 Å². The van der Waals surface area contributed by atoms with Crippen LogP contribution < -0.4 is 5.73 Å². The third kappa shape index (κ3) is 3.22. The van der Waals surface area contributed by atoms with Gasteiger partial charge in [-0.3, -0.25) is 0 Å². The zero-order valence-corrected chi connectivity index (χ0v) is 9.58. The van der Waals surface area contributed by atoms with Crippen molar-refractivity contribution in [2.24, 2.45) is 11.1 Å².